The molecule has 0 bridgehead atoms. The van der Waals surface area contributed by atoms with Gasteiger partial charge < -0.3 is 9.47 Å². The van der Waals surface area contributed by atoms with E-state index in [4.69, 9.17) is 4.74 Å². The van der Waals surface area contributed by atoms with Gasteiger partial charge in [-0.2, -0.15) is 0 Å². The zero-order valence-corrected chi connectivity index (χ0v) is 4.81. The van der Waals surface area contributed by atoms with Gasteiger partial charge in [-0.05, 0) is 6.42 Å². The molecule has 0 heterocycles. The first-order valence-electron chi connectivity index (χ1n) is 2.25. The zero-order chi connectivity index (χ0) is 5.54. The molecule has 0 spiro atoms. The van der Waals surface area contributed by atoms with Crippen LogP contribution in [-0.2, 0) is 9.47 Å². The molecule has 0 aromatic carbocycles. The summed E-state index contributed by atoms with van der Waals surface area (Å²) in [5, 5.41) is 0. The predicted octanol–water partition coefficient (Wildman–Crippen LogP) is 0.831. The van der Waals surface area contributed by atoms with Crippen molar-refractivity contribution in [3.05, 3.63) is 6.61 Å². The zero-order valence-electron chi connectivity index (χ0n) is 4.81. The van der Waals surface area contributed by atoms with E-state index in [0.29, 0.717) is 0 Å². The summed E-state index contributed by atoms with van der Waals surface area (Å²) in [6.07, 6.45) is 0.868. The molecule has 0 aromatic heterocycles. The molecule has 0 atom stereocenters. The van der Waals surface area contributed by atoms with E-state index in [2.05, 4.69) is 4.74 Å². The second-order valence-electron chi connectivity index (χ2n) is 1.18. The van der Waals surface area contributed by atoms with Gasteiger partial charge in [0.1, 0.15) is 0 Å². The van der Waals surface area contributed by atoms with E-state index in [1.165, 1.54) is 0 Å². The lowest BCUT2D eigenvalue weighted by molar-refractivity contribution is 0.173. The molecule has 2 heteroatoms. The summed E-state index contributed by atoms with van der Waals surface area (Å²) in [6.45, 7) is 2.46. The third-order valence-electron chi connectivity index (χ3n) is 0.606. The minimum Gasteiger partial charge on any atom is -0.385 e. The van der Waals surface area contributed by atoms with Crippen molar-refractivity contribution >= 4 is 0 Å². The third kappa shape index (κ3) is 5.92. The number of ether oxygens (including phenoxy) is 2. The van der Waals surface area contributed by atoms with Crippen LogP contribution in [0, 0.1) is 6.61 Å². The summed E-state index contributed by atoms with van der Waals surface area (Å²) in [5.41, 5.74) is 0. The summed E-state index contributed by atoms with van der Waals surface area (Å²) in [5.74, 6) is 0. The maximum Gasteiger partial charge on any atom is 0.0855 e. The standard InChI is InChI=1S/C5H11O2/c1-6-4-3-5-7-2/h4H,3,5H2,1-2H3. The van der Waals surface area contributed by atoms with Crippen molar-refractivity contribution in [1.82, 2.24) is 0 Å². The summed E-state index contributed by atoms with van der Waals surface area (Å²) in [7, 11) is 3.30. The monoisotopic (exact) mass is 103 g/mol. The van der Waals surface area contributed by atoms with Gasteiger partial charge in [-0.15, -0.1) is 0 Å². The second-order valence-corrected chi connectivity index (χ2v) is 1.18. The first-order chi connectivity index (χ1) is 3.41. The predicted molar refractivity (Wildman–Crippen MR) is 27.8 cm³/mol. The van der Waals surface area contributed by atoms with Crippen LogP contribution in [0.1, 0.15) is 6.42 Å². The van der Waals surface area contributed by atoms with Crippen LogP contribution in [0.15, 0.2) is 0 Å². The van der Waals surface area contributed by atoms with E-state index in [1.54, 1.807) is 20.8 Å². The molecule has 0 aliphatic rings. The van der Waals surface area contributed by atoms with Gasteiger partial charge in [0, 0.05) is 20.8 Å². The van der Waals surface area contributed by atoms with Crippen LogP contribution in [0.5, 0.6) is 0 Å². The van der Waals surface area contributed by atoms with Crippen LogP contribution in [0.4, 0.5) is 0 Å². The minimum atomic E-state index is 0.744. The van der Waals surface area contributed by atoms with E-state index in [1.807, 2.05) is 0 Å². The maximum absolute atomic E-state index is 4.73. The molecule has 7 heavy (non-hydrogen) atoms. The molecular weight excluding hydrogens is 92.1 g/mol. The topological polar surface area (TPSA) is 18.5 Å². The first kappa shape index (κ1) is 6.92. The highest BCUT2D eigenvalue weighted by molar-refractivity contribution is 4.45. The van der Waals surface area contributed by atoms with Crippen LogP contribution in [0.3, 0.4) is 0 Å². The summed E-state index contributed by atoms with van der Waals surface area (Å²) in [4.78, 5) is 0. The molecule has 43 valence electrons. The average molecular weight is 103 g/mol. The van der Waals surface area contributed by atoms with Crippen molar-refractivity contribution in [2.75, 3.05) is 20.8 Å². The van der Waals surface area contributed by atoms with Crippen LogP contribution in [0.2, 0.25) is 0 Å². The van der Waals surface area contributed by atoms with Crippen LogP contribution in [0.25, 0.3) is 0 Å². The largest absolute Gasteiger partial charge is 0.385 e. The fourth-order valence-electron chi connectivity index (χ4n) is 0.284. The Bertz CT molecular complexity index is 25.3. The molecular formula is C5H11O2. The highest BCUT2D eigenvalue weighted by Gasteiger charge is 1.80. The molecule has 0 saturated carbocycles. The Morgan fingerprint density at radius 3 is 2.57 bits per heavy atom. The van der Waals surface area contributed by atoms with Gasteiger partial charge in [-0.3, -0.25) is 0 Å². The minimum absolute atomic E-state index is 0.744. The number of hydrogen-bond donors (Lipinski definition) is 0. The van der Waals surface area contributed by atoms with Gasteiger partial charge >= 0.3 is 0 Å². The molecule has 1 radical (unpaired) electrons. The molecule has 0 aromatic rings. The molecule has 0 rings (SSSR count). The Hall–Kier alpha value is -0.0800. The fourth-order valence-corrected chi connectivity index (χ4v) is 0.284. The van der Waals surface area contributed by atoms with Crippen molar-refractivity contribution in [1.29, 1.82) is 0 Å². The lowest BCUT2D eigenvalue weighted by Crippen LogP contribution is -1.88. The Balaban J connectivity index is 2.45. The van der Waals surface area contributed by atoms with E-state index in [0.717, 1.165) is 13.0 Å². The molecule has 0 unspecified atom stereocenters. The fraction of sp³-hybridized carbons (Fsp3) is 0.800. The molecule has 0 fully saturated rings. The SMILES string of the molecule is CO[CH]CCOC. The third-order valence-corrected chi connectivity index (χ3v) is 0.606. The van der Waals surface area contributed by atoms with Gasteiger partial charge in [0.2, 0.25) is 0 Å². The van der Waals surface area contributed by atoms with Crippen molar-refractivity contribution in [3.8, 4) is 0 Å². The van der Waals surface area contributed by atoms with E-state index in [9.17, 15) is 0 Å². The van der Waals surface area contributed by atoms with E-state index in [-0.39, 0.29) is 0 Å². The number of methoxy groups -OCH3 is 2. The molecule has 0 saturated heterocycles. The van der Waals surface area contributed by atoms with Crippen molar-refractivity contribution < 1.29 is 9.47 Å². The van der Waals surface area contributed by atoms with Gasteiger partial charge in [0.05, 0.1) is 6.61 Å². The maximum atomic E-state index is 4.73. The van der Waals surface area contributed by atoms with Gasteiger partial charge in [-0.25, -0.2) is 0 Å². The average Bonchev–Trinajstić information content (AvgIpc) is 1.69. The highest BCUT2D eigenvalue weighted by Crippen LogP contribution is 1.84. The van der Waals surface area contributed by atoms with Crippen molar-refractivity contribution in [2.45, 2.75) is 6.42 Å². The van der Waals surface area contributed by atoms with Crippen molar-refractivity contribution in [3.63, 3.8) is 0 Å². The van der Waals surface area contributed by atoms with E-state index >= 15 is 0 Å². The highest BCUT2D eigenvalue weighted by atomic mass is 16.5. The molecule has 0 aliphatic heterocycles. The number of hydrogen-bond acceptors (Lipinski definition) is 2. The Morgan fingerprint density at radius 2 is 2.14 bits per heavy atom. The normalized spacial score (nSPS) is 9.43. The quantitative estimate of drug-likeness (QED) is 0.491. The van der Waals surface area contributed by atoms with Gasteiger partial charge in [-0.1, -0.05) is 0 Å². The van der Waals surface area contributed by atoms with Crippen LogP contribution >= 0.6 is 0 Å². The van der Waals surface area contributed by atoms with Crippen molar-refractivity contribution in [2.24, 2.45) is 0 Å². The smallest absolute Gasteiger partial charge is 0.0855 e. The van der Waals surface area contributed by atoms with E-state index < -0.39 is 0 Å². The lowest BCUT2D eigenvalue weighted by Gasteiger charge is -1.93. The van der Waals surface area contributed by atoms with Gasteiger partial charge in [0.25, 0.3) is 0 Å². The molecule has 0 N–H and O–H groups in total. The summed E-state index contributed by atoms with van der Waals surface area (Å²) in [6, 6.07) is 0. The summed E-state index contributed by atoms with van der Waals surface area (Å²) < 4.78 is 9.37. The summed E-state index contributed by atoms with van der Waals surface area (Å²) >= 11 is 0. The Morgan fingerprint density at radius 1 is 1.43 bits per heavy atom. The Kier molecular flexibility index (Phi) is 5.85. The molecule has 0 amide bonds. The van der Waals surface area contributed by atoms with Gasteiger partial charge in [0.15, 0.2) is 0 Å². The second kappa shape index (κ2) is 5.92. The number of rotatable bonds is 4. The molecule has 0 aliphatic carbocycles. The lowest BCUT2D eigenvalue weighted by atomic mass is 10.5. The first-order valence-corrected chi connectivity index (χ1v) is 2.25. The van der Waals surface area contributed by atoms with Crippen LogP contribution < -0.4 is 0 Å². The van der Waals surface area contributed by atoms with Crippen LogP contribution in [-0.4, -0.2) is 20.8 Å². The Labute approximate surface area is 44.4 Å². The molecule has 2 nitrogen and oxygen atoms in total.